The molecule has 0 fully saturated rings. The molecule has 0 amide bonds. The van der Waals surface area contributed by atoms with Crippen LogP contribution in [0.25, 0.3) is 0 Å². The topological polar surface area (TPSA) is 48.1 Å². The second-order valence-corrected chi connectivity index (χ2v) is 4.94. The molecule has 0 spiro atoms. The Bertz CT molecular complexity index is 339. The van der Waals surface area contributed by atoms with Crippen LogP contribution in [0.4, 0.5) is 0 Å². The van der Waals surface area contributed by atoms with Crippen LogP contribution in [0, 0.1) is 5.92 Å². The molecule has 0 radical (unpaired) electrons. The van der Waals surface area contributed by atoms with Crippen LogP contribution < -0.4 is 10.5 Å². The average molecular weight is 250 g/mol. The van der Waals surface area contributed by atoms with E-state index < -0.39 is 0 Å². The summed E-state index contributed by atoms with van der Waals surface area (Å²) in [6.45, 7) is 7.16. The number of hydrogen-bond acceptors (Lipinski definition) is 3. The van der Waals surface area contributed by atoms with Gasteiger partial charge in [-0.05, 0) is 30.9 Å². The molecule has 0 saturated carbocycles. The van der Waals surface area contributed by atoms with Crippen molar-refractivity contribution in [3.63, 3.8) is 0 Å². The number of hydrogen-bond donors (Lipinski definition) is 1. The first kappa shape index (κ1) is 15.0. The molecule has 2 unspecified atom stereocenters. The Balaban J connectivity index is 2.48. The third-order valence-electron chi connectivity index (χ3n) is 3.29. The van der Waals surface area contributed by atoms with Gasteiger partial charge in [0.2, 0.25) is 5.88 Å². The Morgan fingerprint density at radius 1 is 1.39 bits per heavy atom. The second kappa shape index (κ2) is 8.09. The standard InChI is InChI=1S/C15H26N2O/c1-4-6-7-13(5-2)11-18-15-10-14(12(3)16)8-9-17-15/h8-10,12-13H,4-7,11,16H2,1-3H3. The highest BCUT2D eigenvalue weighted by molar-refractivity contribution is 5.22. The van der Waals surface area contributed by atoms with Crippen LogP contribution in [0.3, 0.4) is 0 Å². The van der Waals surface area contributed by atoms with Gasteiger partial charge in [0.05, 0.1) is 6.61 Å². The molecule has 3 nitrogen and oxygen atoms in total. The first-order valence-corrected chi connectivity index (χ1v) is 7.01. The van der Waals surface area contributed by atoms with Gasteiger partial charge in [-0.2, -0.15) is 0 Å². The summed E-state index contributed by atoms with van der Waals surface area (Å²) in [5.41, 5.74) is 6.92. The highest BCUT2D eigenvalue weighted by Gasteiger charge is 2.08. The van der Waals surface area contributed by atoms with Crippen LogP contribution >= 0.6 is 0 Å². The predicted molar refractivity (Wildman–Crippen MR) is 75.6 cm³/mol. The van der Waals surface area contributed by atoms with Gasteiger partial charge in [0, 0.05) is 18.3 Å². The maximum atomic E-state index is 5.85. The van der Waals surface area contributed by atoms with Gasteiger partial charge in [0.15, 0.2) is 0 Å². The van der Waals surface area contributed by atoms with Gasteiger partial charge in [0.1, 0.15) is 0 Å². The molecule has 18 heavy (non-hydrogen) atoms. The first-order chi connectivity index (χ1) is 8.67. The lowest BCUT2D eigenvalue weighted by atomic mass is 10.0. The molecule has 2 atom stereocenters. The molecule has 3 heteroatoms. The molecular formula is C15H26N2O. The Morgan fingerprint density at radius 3 is 2.78 bits per heavy atom. The molecule has 1 aromatic rings. The number of rotatable bonds is 8. The first-order valence-electron chi connectivity index (χ1n) is 7.01. The van der Waals surface area contributed by atoms with Gasteiger partial charge in [-0.15, -0.1) is 0 Å². The smallest absolute Gasteiger partial charge is 0.213 e. The summed E-state index contributed by atoms with van der Waals surface area (Å²) in [5, 5.41) is 0. The lowest BCUT2D eigenvalue weighted by Crippen LogP contribution is -2.12. The summed E-state index contributed by atoms with van der Waals surface area (Å²) < 4.78 is 5.78. The number of aromatic nitrogens is 1. The van der Waals surface area contributed by atoms with Gasteiger partial charge in [-0.25, -0.2) is 4.98 Å². The van der Waals surface area contributed by atoms with Crippen molar-refractivity contribution in [2.75, 3.05) is 6.61 Å². The zero-order valence-electron chi connectivity index (χ0n) is 11.9. The lowest BCUT2D eigenvalue weighted by Gasteiger charge is -2.15. The Morgan fingerprint density at radius 2 is 2.17 bits per heavy atom. The molecule has 1 aromatic heterocycles. The normalized spacial score (nSPS) is 14.2. The van der Waals surface area contributed by atoms with Crippen LogP contribution in [0.15, 0.2) is 18.3 Å². The molecular weight excluding hydrogens is 224 g/mol. The molecule has 1 rings (SSSR count). The van der Waals surface area contributed by atoms with Crippen molar-refractivity contribution < 1.29 is 4.74 Å². The fourth-order valence-electron chi connectivity index (χ4n) is 1.89. The van der Waals surface area contributed by atoms with Crippen molar-refractivity contribution in [1.82, 2.24) is 4.98 Å². The summed E-state index contributed by atoms with van der Waals surface area (Å²) in [4.78, 5) is 4.23. The monoisotopic (exact) mass is 250 g/mol. The third kappa shape index (κ3) is 5.05. The lowest BCUT2D eigenvalue weighted by molar-refractivity contribution is 0.225. The van der Waals surface area contributed by atoms with E-state index in [1.165, 1.54) is 19.3 Å². The van der Waals surface area contributed by atoms with Crippen LogP contribution in [-0.2, 0) is 0 Å². The van der Waals surface area contributed by atoms with Gasteiger partial charge in [0.25, 0.3) is 0 Å². The van der Waals surface area contributed by atoms with Gasteiger partial charge >= 0.3 is 0 Å². The average Bonchev–Trinajstić information content (AvgIpc) is 2.39. The number of pyridine rings is 1. The minimum atomic E-state index is 0.0254. The minimum Gasteiger partial charge on any atom is -0.477 e. The highest BCUT2D eigenvalue weighted by atomic mass is 16.5. The number of nitrogens with two attached hydrogens (primary N) is 1. The number of unbranched alkanes of at least 4 members (excludes halogenated alkanes) is 1. The molecule has 102 valence electrons. The molecule has 0 aliphatic carbocycles. The zero-order chi connectivity index (χ0) is 13.4. The SMILES string of the molecule is CCCCC(CC)COc1cc(C(C)N)ccn1. The summed E-state index contributed by atoms with van der Waals surface area (Å²) in [6, 6.07) is 3.90. The van der Waals surface area contributed by atoms with Crippen LogP contribution in [0.2, 0.25) is 0 Å². The Kier molecular flexibility index (Phi) is 6.73. The van der Waals surface area contributed by atoms with Crippen molar-refractivity contribution in [3.8, 4) is 5.88 Å². The molecule has 1 heterocycles. The van der Waals surface area contributed by atoms with Crippen molar-refractivity contribution >= 4 is 0 Å². The van der Waals surface area contributed by atoms with E-state index in [2.05, 4.69) is 18.8 Å². The Hall–Kier alpha value is -1.09. The second-order valence-electron chi connectivity index (χ2n) is 4.94. The number of nitrogens with zero attached hydrogens (tertiary/aromatic N) is 1. The summed E-state index contributed by atoms with van der Waals surface area (Å²) >= 11 is 0. The van der Waals surface area contributed by atoms with Gasteiger partial charge in [-0.1, -0.05) is 33.1 Å². The third-order valence-corrected chi connectivity index (χ3v) is 3.29. The van der Waals surface area contributed by atoms with Crippen LogP contribution in [0.1, 0.15) is 58.1 Å². The van der Waals surface area contributed by atoms with Crippen molar-refractivity contribution in [2.24, 2.45) is 11.7 Å². The van der Waals surface area contributed by atoms with Crippen LogP contribution in [0.5, 0.6) is 5.88 Å². The number of ether oxygens (including phenoxy) is 1. The maximum absolute atomic E-state index is 5.85. The molecule has 0 aromatic carbocycles. The minimum absolute atomic E-state index is 0.0254. The molecule has 2 N–H and O–H groups in total. The van der Waals surface area contributed by atoms with E-state index in [0.717, 1.165) is 18.6 Å². The molecule has 0 aliphatic heterocycles. The summed E-state index contributed by atoms with van der Waals surface area (Å²) in [5.74, 6) is 1.32. The van der Waals surface area contributed by atoms with Gasteiger partial charge < -0.3 is 10.5 Å². The molecule has 0 bridgehead atoms. The Labute approximate surface area is 111 Å². The summed E-state index contributed by atoms with van der Waals surface area (Å²) in [7, 11) is 0. The van der Waals surface area contributed by atoms with Crippen LogP contribution in [-0.4, -0.2) is 11.6 Å². The molecule has 0 saturated heterocycles. The van der Waals surface area contributed by atoms with E-state index in [1.807, 2.05) is 19.1 Å². The van der Waals surface area contributed by atoms with Crippen molar-refractivity contribution in [2.45, 2.75) is 52.5 Å². The van der Waals surface area contributed by atoms with E-state index in [-0.39, 0.29) is 6.04 Å². The van der Waals surface area contributed by atoms with Gasteiger partial charge in [-0.3, -0.25) is 0 Å². The fourth-order valence-corrected chi connectivity index (χ4v) is 1.89. The predicted octanol–water partition coefficient (Wildman–Crippen LogP) is 3.70. The zero-order valence-corrected chi connectivity index (χ0v) is 11.9. The quantitative estimate of drug-likeness (QED) is 0.765. The van der Waals surface area contributed by atoms with E-state index in [4.69, 9.17) is 10.5 Å². The van der Waals surface area contributed by atoms with Crippen molar-refractivity contribution in [1.29, 1.82) is 0 Å². The fraction of sp³-hybridized carbons (Fsp3) is 0.667. The highest BCUT2D eigenvalue weighted by Crippen LogP contribution is 2.17. The summed E-state index contributed by atoms with van der Waals surface area (Å²) in [6.07, 6.45) is 6.68. The van der Waals surface area contributed by atoms with E-state index in [9.17, 15) is 0 Å². The van der Waals surface area contributed by atoms with E-state index in [1.54, 1.807) is 6.20 Å². The van der Waals surface area contributed by atoms with Crippen molar-refractivity contribution in [3.05, 3.63) is 23.9 Å². The molecule has 0 aliphatic rings. The van der Waals surface area contributed by atoms with E-state index >= 15 is 0 Å². The largest absolute Gasteiger partial charge is 0.477 e. The van der Waals surface area contributed by atoms with E-state index in [0.29, 0.717) is 11.8 Å². The maximum Gasteiger partial charge on any atom is 0.213 e.